The van der Waals surface area contributed by atoms with Gasteiger partial charge in [0.05, 0.1) is 10.7 Å². The number of nitrogens with zero attached hydrogens (tertiary/aromatic N) is 1. The lowest BCUT2D eigenvalue weighted by Crippen LogP contribution is -2.36. The standard InChI is InChI=1S/C16H19N3O3S/c1-11-15(23-12(2)19-11)16(21)18-9-8-17-14(20)10-22-13-6-4-3-5-7-13/h3-7H,8-10H2,1-2H3,(H,17,20)(H,18,21). The molecule has 0 spiro atoms. The normalized spacial score (nSPS) is 10.2. The van der Waals surface area contributed by atoms with Gasteiger partial charge in [0.15, 0.2) is 6.61 Å². The smallest absolute Gasteiger partial charge is 0.263 e. The monoisotopic (exact) mass is 333 g/mol. The minimum absolute atomic E-state index is 0.0505. The zero-order valence-corrected chi connectivity index (χ0v) is 13.9. The first kappa shape index (κ1) is 17.0. The Kier molecular flexibility index (Phi) is 6.10. The highest BCUT2D eigenvalue weighted by Gasteiger charge is 2.13. The van der Waals surface area contributed by atoms with Gasteiger partial charge in [0, 0.05) is 13.1 Å². The minimum atomic E-state index is -0.229. The van der Waals surface area contributed by atoms with Gasteiger partial charge >= 0.3 is 0 Å². The summed E-state index contributed by atoms with van der Waals surface area (Å²) in [6.45, 7) is 4.32. The molecule has 0 unspecified atom stereocenters. The zero-order valence-electron chi connectivity index (χ0n) is 13.1. The van der Waals surface area contributed by atoms with Crippen molar-refractivity contribution in [2.24, 2.45) is 0 Å². The molecule has 0 aliphatic rings. The van der Waals surface area contributed by atoms with Gasteiger partial charge in [-0.3, -0.25) is 9.59 Å². The minimum Gasteiger partial charge on any atom is -0.484 e. The van der Waals surface area contributed by atoms with Crippen LogP contribution in [-0.2, 0) is 4.79 Å². The third kappa shape index (κ3) is 5.37. The molecule has 0 aliphatic heterocycles. The summed E-state index contributed by atoms with van der Waals surface area (Å²) in [4.78, 5) is 28.4. The summed E-state index contributed by atoms with van der Waals surface area (Å²) < 4.78 is 5.33. The number of carbonyl (C=O) groups excluding carboxylic acids is 2. The van der Waals surface area contributed by atoms with Gasteiger partial charge in [0.1, 0.15) is 10.6 Å². The van der Waals surface area contributed by atoms with Crippen molar-refractivity contribution in [1.82, 2.24) is 15.6 Å². The number of ether oxygens (including phenoxy) is 1. The van der Waals surface area contributed by atoms with E-state index in [0.29, 0.717) is 23.7 Å². The average molecular weight is 333 g/mol. The molecule has 0 radical (unpaired) electrons. The number of aryl methyl sites for hydroxylation is 2. The van der Waals surface area contributed by atoms with Crippen LogP contribution >= 0.6 is 11.3 Å². The lowest BCUT2D eigenvalue weighted by molar-refractivity contribution is -0.123. The maximum Gasteiger partial charge on any atom is 0.263 e. The topological polar surface area (TPSA) is 80.3 Å². The fraction of sp³-hybridized carbons (Fsp3) is 0.312. The van der Waals surface area contributed by atoms with Crippen molar-refractivity contribution in [3.05, 3.63) is 45.9 Å². The molecule has 0 atom stereocenters. The molecule has 0 saturated carbocycles. The maximum atomic E-state index is 12.0. The molecule has 2 aromatic rings. The number of thiazole rings is 1. The molecule has 6 nitrogen and oxygen atoms in total. The van der Waals surface area contributed by atoms with Crippen molar-refractivity contribution >= 4 is 23.2 Å². The predicted molar refractivity (Wildman–Crippen MR) is 88.9 cm³/mol. The highest BCUT2D eigenvalue weighted by molar-refractivity contribution is 7.13. The Morgan fingerprint density at radius 2 is 1.83 bits per heavy atom. The van der Waals surface area contributed by atoms with Crippen LogP contribution in [0.15, 0.2) is 30.3 Å². The third-order valence-electron chi connectivity index (χ3n) is 2.96. The van der Waals surface area contributed by atoms with Gasteiger partial charge in [-0.25, -0.2) is 4.98 Å². The summed E-state index contributed by atoms with van der Waals surface area (Å²) in [5.74, 6) is 0.253. The molecular formula is C16H19N3O3S. The predicted octanol–water partition coefficient (Wildman–Crippen LogP) is 1.68. The second-order valence-electron chi connectivity index (χ2n) is 4.85. The zero-order chi connectivity index (χ0) is 16.7. The van der Waals surface area contributed by atoms with Crippen LogP contribution in [0.2, 0.25) is 0 Å². The van der Waals surface area contributed by atoms with Crippen LogP contribution < -0.4 is 15.4 Å². The molecule has 2 N–H and O–H groups in total. The summed E-state index contributed by atoms with van der Waals surface area (Å²) in [6.07, 6.45) is 0. The van der Waals surface area contributed by atoms with Crippen LogP contribution in [0, 0.1) is 13.8 Å². The summed E-state index contributed by atoms with van der Waals surface area (Å²) in [5.41, 5.74) is 0.727. The number of aromatic nitrogens is 1. The van der Waals surface area contributed by atoms with Gasteiger partial charge in [-0.1, -0.05) is 18.2 Å². The third-order valence-corrected chi connectivity index (χ3v) is 4.03. The molecule has 7 heteroatoms. The Morgan fingerprint density at radius 1 is 1.13 bits per heavy atom. The van der Waals surface area contributed by atoms with E-state index in [1.807, 2.05) is 25.1 Å². The maximum absolute atomic E-state index is 12.0. The van der Waals surface area contributed by atoms with Gasteiger partial charge < -0.3 is 15.4 Å². The van der Waals surface area contributed by atoms with Crippen molar-refractivity contribution in [3.63, 3.8) is 0 Å². The number of benzene rings is 1. The number of nitrogens with one attached hydrogen (secondary N) is 2. The van der Waals surface area contributed by atoms with Gasteiger partial charge in [0.25, 0.3) is 11.8 Å². The Morgan fingerprint density at radius 3 is 2.48 bits per heavy atom. The van der Waals surface area contributed by atoms with E-state index in [-0.39, 0.29) is 18.4 Å². The molecule has 1 heterocycles. The lowest BCUT2D eigenvalue weighted by atomic mass is 10.3. The van der Waals surface area contributed by atoms with Crippen molar-refractivity contribution in [2.45, 2.75) is 13.8 Å². The second kappa shape index (κ2) is 8.28. The molecule has 2 rings (SSSR count). The van der Waals surface area contributed by atoms with Crippen LogP contribution in [0.1, 0.15) is 20.4 Å². The molecule has 0 fully saturated rings. The summed E-state index contributed by atoms with van der Waals surface area (Å²) in [5, 5.41) is 6.31. The molecule has 2 amide bonds. The van der Waals surface area contributed by atoms with Crippen molar-refractivity contribution in [2.75, 3.05) is 19.7 Å². The molecule has 122 valence electrons. The molecular weight excluding hydrogens is 314 g/mol. The molecule has 0 saturated heterocycles. The van der Waals surface area contributed by atoms with E-state index in [0.717, 1.165) is 10.7 Å². The van der Waals surface area contributed by atoms with Gasteiger partial charge in [-0.2, -0.15) is 0 Å². The van der Waals surface area contributed by atoms with Crippen LogP contribution in [0.4, 0.5) is 0 Å². The van der Waals surface area contributed by atoms with E-state index in [9.17, 15) is 9.59 Å². The number of hydrogen-bond donors (Lipinski definition) is 2. The van der Waals surface area contributed by atoms with Crippen molar-refractivity contribution in [1.29, 1.82) is 0 Å². The molecule has 0 aliphatic carbocycles. The Labute approximate surface area is 138 Å². The van der Waals surface area contributed by atoms with Gasteiger partial charge in [0.2, 0.25) is 0 Å². The fourth-order valence-electron chi connectivity index (χ4n) is 1.92. The number of para-hydroxylation sites is 1. The molecule has 23 heavy (non-hydrogen) atoms. The van der Waals surface area contributed by atoms with Gasteiger partial charge in [-0.05, 0) is 26.0 Å². The van der Waals surface area contributed by atoms with E-state index in [1.165, 1.54) is 11.3 Å². The van der Waals surface area contributed by atoms with E-state index >= 15 is 0 Å². The van der Waals surface area contributed by atoms with Gasteiger partial charge in [-0.15, -0.1) is 11.3 Å². The molecule has 1 aromatic heterocycles. The second-order valence-corrected chi connectivity index (χ2v) is 6.06. The first-order valence-corrected chi connectivity index (χ1v) is 8.04. The number of hydrogen-bond acceptors (Lipinski definition) is 5. The average Bonchev–Trinajstić information content (AvgIpc) is 2.89. The van der Waals surface area contributed by atoms with E-state index in [2.05, 4.69) is 15.6 Å². The lowest BCUT2D eigenvalue weighted by Gasteiger charge is -2.08. The first-order chi connectivity index (χ1) is 11.1. The highest BCUT2D eigenvalue weighted by Crippen LogP contribution is 2.16. The molecule has 1 aromatic carbocycles. The van der Waals surface area contributed by atoms with E-state index < -0.39 is 0 Å². The summed E-state index contributed by atoms with van der Waals surface area (Å²) in [6, 6.07) is 9.12. The van der Waals surface area contributed by atoms with Crippen LogP contribution in [-0.4, -0.2) is 36.5 Å². The van der Waals surface area contributed by atoms with Crippen LogP contribution in [0.5, 0.6) is 5.75 Å². The largest absolute Gasteiger partial charge is 0.484 e. The Bertz CT molecular complexity index is 670. The highest BCUT2D eigenvalue weighted by atomic mass is 32.1. The number of rotatable bonds is 7. The first-order valence-electron chi connectivity index (χ1n) is 7.23. The van der Waals surface area contributed by atoms with E-state index in [1.54, 1.807) is 19.1 Å². The van der Waals surface area contributed by atoms with Crippen LogP contribution in [0.3, 0.4) is 0 Å². The Balaban J connectivity index is 1.64. The van der Waals surface area contributed by atoms with Crippen molar-refractivity contribution < 1.29 is 14.3 Å². The Hall–Kier alpha value is -2.41. The van der Waals surface area contributed by atoms with Crippen molar-refractivity contribution in [3.8, 4) is 5.75 Å². The fourth-order valence-corrected chi connectivity index (χ4v) is 2.75. The quantitative estimate of drug-likeness (QED) is 0.756. The summed E-state index contributed by atoms with van der Waals surface area (Å²) >= 11 is 1.36. The number of carbonyl (C=O) groups is 2. The molecule has 0 bridgehead atoms. The summed E-state index contributed by atoms with van der Waals surface area (Å²) in [7, 11) is 0. The van der Waals surface area contributed by atoms with Crippen LogP contribution in [0.25, 0.3) is 0 Å². The SMILES string of the molecule is Cc1nc(C)c(C(=O)NCCNC(=O)COc2ccccc2)s1. The number of amides is 2. The van der Waals surface area contributed by atoms with E-state index in [4.69, 9.17) is 4.74 Å².